The molecule has 0 bridgehead atoms. The van der Waals surface area contributed by atoms with Gasteiger partial charge in [0.15, 0.2) is 0 Å². The van der Waals surface area contributed by atoms with E-state index in [1.165, 1.54) is 56.2 Å². The molecular formula is C17H30N2. The minimum absolute atomic E-state index is 0.633. The fraction of sp³-hybridized carbons (Fsp3) is 0.647. The number of benzene rings is 1. The van der Waals surface area contributed by atoms with Crippen molar-refractivity contribution in [2.45, 2.75) is 58.5 Å². The Morgan fingerprint density at radius 1 is 0.895 bits per heavy atom. The van der Waals surface area contributed by atoms with Crippen LogP contribution in [0.25, 0.3) is 0 Å². The summed E-state index contributed by atoms with van der Waals surface area (Å²) in [6.45, 7) is 5.14. The standard InChI is InChI=1S/C17H30N2/c1-3-4-5-6-7-8-13-19(2)15-17-11-9-16(14-18)10-12-17/h9-12H,3-8,13-15,18H2,1-2H3. The van der Waals surface area contributed by atoms with Crippen LogP contribution in [0.1, 0.15) is 56.6 Å². The molecule has 0 aliphatic rings. The summed E-state index contributed by atoms with van der Waals surface area (Å²) in [6, 6.07) is 8.65. The summed E-state index contributed by atoms with van der Waals surface area (Å²) in [5, 5.41) is 0. The number of hydrogen-bond donors (Lipinski definition) is 1. The molecule has 0 amide bonds. The van der Waals surface area contributed by atoms with Gasteiger partial charge in [0.1, 0.15) is 0 Å². The molecule has 108 valence electrons. The molecule has 0 unspecified atom stereocenters. The van der Waals surface area contributed by atoms with Crippen LogP contribution in [0.4, 0.5) is 0 Å². The summed E-state index contributed by atoms with van der Waals surface area (Å²) in [7, 11) is 2.21. The normalized spacial score (nSPS) is 11.2. The van der Waals surface area contributed by atoms with Gasteiger partial charge in [-0.2, -0.15) is 0 Å². The first-order valence-electron chi connectivity index (χ1n) is 7.72. The smallest absolute Gasteiger partial charge is 0.0230 e. The lowest BCUT2D eigenvalue weighted by Gasteiger charge is -2.16. The van der Waals surface area contributed by atoms with Crippen molar-refractivity contribution in [3.63, 3.8) is 0 Å². The van der Waals surface area contributed by atoms with Crippen molar-refractivity contribution >= 4 is 0 Å². The summed E-state index contributed by atoms with van der Waals surface area (Å²) in [5.74, 6) is 0. The zero-order valence-electron chi connectivity index (χ0n) is 12.7. The van der Waals surface area contributed by atoms with Gasteiger partial charge >= 0.3 is 0 Å². The molecule has 0 saturated carbocycles. The van der Waals surface area contributed by atoms with Gasteiger partial charge in [-0.15, -0.1) is 0 Å². The fourth-order valence-electron chi connectivity index (χ4n) is 2.33. The van der Waals surface area contributed by atoms with Crippen molar-refractivity contribution in [3.05, 3.63) is 35.4 Å². The van der Waals surface area contributed by atoms with E-state index in [1.54, 1.807) is 0 Å². The monoisotopic (exact) mass is 262 g/mol. The predicted octanol–water partition coefficient (Wildman–Crippen LogP) is 3.94. The van der Waals surface area contributed by atoms with Crippen molar-refractivity contribution in [3.8, 4) is 0 Å². The van der Waals surface area contributed by atoms with Crippen molar-refractivity contribution < 1.29 is 0 Å². The molecule has 0 saturated heterocycles. The molecule has 2 N–H and O–H groups in total. The number of hydrogen-bond acceptors (Lipinski definition) is 2. The van der Waals surface area contributed by atoms with Crippen LogP contribution in [0.5, 0.6) is 0 Å². The Hall–Kier alpha value is -0.860. The minimum atomic E-state index is 0.633. The first-order chi connectivity index (χ1) is 9.26. The van der Waals surface area contributed by atoms with Crippen LogP contribution in [0, 0.1) is 0 Å². The van der Waals surface area contributed by atoms with E-state index >= 15 is 0 Å². The maximum absolute atomic E-state index is 5.61. The van der Waals surface area contributed by atoms with Crippen LogP contribution in [-0.4, -0.2) is 18.5 Å². The number of rotatable bonds is 10. The van der Waals surface area contributed by atoms with Crippen molar-refractivity contribution in [2.75, 3.05) is 13.6 Å². The fourth-order valence-corrected chi connectivity index (χ4v) is 2.33. The SMILES string of the molecule is CCCCCCCCN(C)Cc1ccc(CN)cc1. The van der Waals surface area contributed by atoms with E-state index < -0.39 is 0 Å². The number of nitrogens with two attached hydrogens (primary N) is 1. The number of nitrogens with zero attached hydrogens (tertiary/aromatic N) is 1. The second-order valence-electron chi connectivity index (χ2n) is 5.53. The van der Waals surface area contributed by atoms with Gasteiger partial charge in [-0.25, -0.2) is 0 Å². The van der Waals surface area contributed by atoms with Crippen molar-refractivity contribution in [1.82, 2.24) is 4.90 Å². The van der Waals surface area contributed by atoms with Gasteiger partial charge in [0, 0.05) is 13.1 Å². The Kier molecular flexibility index (Phi) is 8.52. The van der Waals surface area contributed by atoms with Gasteiger partial charge in [-0.3, -0.25) is 0 Å². The second-order valence-corrected chi connectivity index (χ2v) is 5.53. The Bertz CT molecular complexity index is 319. The lowest BCUT2D eigenvalue weighted by molar-refractivity contribution is 0.316. The highest BCUT2D eigenvalue weighted by molar-refractivity contribution is 5.22. The molecule has 1 aromatic rings. The summed E-state index contributed by atoms with van der Waals surface area (Å²) in [4.78, 5) is 2.41. The zero-order valence-corrected chi connectivity index (χ0v) is 12.7. The van der Waals surface area contributed by atoms with Gasteiger partial charge in [0.2, 0.25) is 0 Å². The molecule has 1 rings (SSSR count). The van der Waals surface area contributed by atoms with Crippen molar-refractivity contribution in [2.24, 2.45) is 5.73 Å². The molecule has 0 radical (unpaired) electrons. The summed E-state index contributed by atoms with van der Waals surface area (Å²) in [6.07, 6.45) is 8.22. The molecule has 2 heteroatoms. The molecule has 0 spiro atoms. The molecule has 1 aromatic carbocycles. The lowest BCUT2D eigenvalue weighted by atomic mass is 10.1. The maximum Gasteiger partial charge on any atom is 0.0230 e. The first-order valence-corrected chi connectivity index (χ1v) is 7.72. The van der Waals surface area contributed by atoms with E-state index in [9.17, 15) is 0 Å². The molecule has 0 aliphatic carbocycles. The van der Waals surface area contributed by atoms with E-state index in [2.05, 4.69) is 43.1 Å². The van der Waals surface area contributed by atoms with Crippen LogP contribution in [-0.2, 0) is 13.1 Å². The molecule has 0 heterocycles. The van der Waals surface area contributed by atoms with E-state index in [-0.39, 0.29) is 0 Å². The molecule has 0 aromatic heterocycles. The van der Waals surface area contributed by atoms with Gasteiger partial charge in [0.25, 0.3) is 0 Å². The second kappa shape index (κ2) is 9.99. The third kappa shape index (κ3) is 7.34. The van der Waals surface area contributed by atoms with Gasteiger partial charge in [-0.05, 0) is 31.1 Å². The third-order valence-corrected chi connectivity index (χ3v) is 3.60. The minimum Gasteiger partial charge on any atom is -0.326 e. The average molecular weight is 262 g/mol. The number of unbranched alkanes of at least 4 members (excludes halogenated alkanes) is 5. The summed E-state index contributed by atoms with van der Waals surface area (Å²) in [5.41, 5.74) is 8.20. The largest absolute Gasteiger partial charge is 0.326 e. The molecule has 0 fully saturated rings. The van der Waals surface area contributed by atoms with Gasteiger partial charge in [0.05, 0.1) is 0 Å². The third-order valence-electron chi connectivity index (χ3n) is 3.60. The zero-order chi connectivity index (χ0) is 13.9. The highest BCUT2D eigenvalue weighted by atomic mass is 15.1. The topological polar surface area (TPSA) is 29.3 Å². The van der Waals surface area contributed by atoms with E-state index in [1.807, 2.05) is 0 Å². The van der Waals surface area contributed by atoms with Crippen molar-refractivity contribution in [1.29, 1.82) is 0 Å². The Morgan fingerprint density at radius 2 is 1.47 bits per heavy atom. The van der Waals surface area contributed by atoms with E-state index in [0.29, 0.717) is 6.54 Å². The van der Waals surface area contributed by atoms with Gasteiger partial charge < -0.3 is 10.6 Å². The van der Waals surface area contributed by atoms with E-state index in [0.717, 1.165) is 6.54 Å². The lowest BCUT2D eigenvalue weighted by Crippen LogP contribution is -2.19. The molecule has 0 atom stereocenters. The highest BCUT2D eigenvalue weighted by Crippen LogP contribution is 2.09. The van der Waals surface area contributed by atoms with Crippen LogP contribution in [0.2, 0.25) is 0 Å². The average Bonchev–Trinajstić information content (AvgIpc) is 2.43. The predicted molar refractivity (Wildman–Crippen MR) is 84.0 cm³/mol. The van der Waals surface area contributed by atoms with Crippen LogP contribution < -0.4 is 5.73 Å². The molecule has 19 heavy (non-hydrogen) atoms. The molecule has 2 nitrogen and oxygen atoms in total. The molecule has 0 aliphatic heterocycles. The summed E-state index contributed by atoms with van der Waals surface area (Å²) >= 11 is 0. The Labute approximate surface area is 119 Å². The quantitative estimate of drug-likeness (QED) is 0.647. The van der Waals surface area contributed by atoms with Crippen LogP contribution in [0.15, 0.2) is 24.3 Å². The van der Waals surface area contributed by atoms with Crippen LogP contribution in [0.3, 0.4) is 0 Å². The Balaban J connectivity index is 2.14. The first kappa shape index (κ1) is 16.2. The van der Waals surface area contributed by atoms with Gasteiger partial charge in [-0.1, -0.05) is 63.3 Å². The Morgan fingerprint density at radius 3 is 2.11 bits per heavy atom. The highest BCUT2D eigenvalue weighted by Gasteiger charge is 2.00. The maximum atomic E-state index is 5.61. The van der Waals surface area contributed by atoms with Crippen LogP contribution >= 0.6 is 0 Å². The summed E-state index contributed by atoms with van der Waals surface area (Å²) < 4.78 is 0. The molecular weight excluding hydrogens is 232 g/mol. The van der Waals surface area contributed by atoms with E-state index in [4.69, 9.17) is 5.73 Å².